The van der Waals surface area contributed by atoms with Crippen LogP contribution in [0.5, 0.6) is 0 Å². The summed E-state index contributed by atoms with van der Waals surface area (Å²) < 4.78 is 0. The number of carboxylic acids is 1. The lowest BCUT2D eigenvalue weighted by atomic mass is 9.99. The summed E-state index contributed by atoms with van der Waals surface area (Å²) in [5, 5.41) is 21.2. The van der Waals surface area contributed by atoms with Gasteiger partial charge in [-0.25, -0.2) is 4.79 Å². The molecule has 1 saturated heterocycles. The van der Waals surface area contributed by atoms with Crippen LogP contribution in [0.4, 0.5) is 0 Å². The van der Waals surface area contributed by atoms with Gasteiger partial charge in [-0.1, -0.05) is 18.2 Å². The summed E-state index contributed by atoms with van der Waals surface area (Å²) >= 11 is 0. The molecular formula is C33H51N11O7. The molecule has 1 fully saturated rings. The summed E-state index contributed by atoms with van der Waals surface area (Å²) in [6, 6.07) is 3.13. The maximum Gasteiger partial charge on any atom is 0.326 e. The molecule has 280 valence electrons. The maximum atomic E-state index is 13.7. The Hall–Kier alpha value is -5.23. The highest BCUT2D eigenvalue weighted by Gasteiger charge is 2.35. The number of piperidine rings is 1. The zero-order valence-electron chi connectivity index (χ0n) is 28.7. The second kappa shape index (κ2) is 20.4. The van der Waals surface area contributed by atoms with Crippen molar-refractivity contribution in [3.63, 3.8) is 0 Å². The molecule has 0 unspecified atom stereocenters. The number of nitrogens with zero attached hydrogens (tertiary/aromatic N) is 2. The van der Waals surface area contributed by atoms with Crippen molar-refractivity contribution in [3.05, 3.63) is 36.0 Å². The lowest BCUT2D eigenvalue weighted by Crippen LogP contribution is -2.59. The van der Waals surface area contributed by atoms with Crippen LogP contribution >= 0.6 is 0 Å². The number of aliphatic imine (C=N–C) groups is 1. The fourth-order valence-corrected chi connectivity index (χ4v) is 5.94. The number of carboxylic acid groups (broad SMARTS) is 1. The van der Waals surface area contributed by atoms with E-state index in [9.17, 15) is 33.9 Å². The molecule has 14 N–H and O–H groups in total. The van der Waals surface area contributed by atoms with Gasteiger partial charge in [0.15, 0.2) is 5.96 Å². The molecule has 5 amide bonds. The third kappa shape index (κ3) is 12.6. The summed E-state index contributed by atoms with van der Waals surface area (Å²) in [5.41, 5.74) is 23.3. The first kappa shape index (κ1) is 40.2. The van der Waals surface area contributed by atoms with Gasteiger partial charge in [-0.2, -0.15) is 0 Å². The predicted molar refractivity (Wildman–Crippen MR) is 190 cm³/mol. The quantitative estimate of drug-likeness (QED) is 0.0402. The molecule has 3 rings (SSSR count). The number of aromatic nitrogens is 1. The fourth-order valence-electron chi connectivity index (χ4n) is 5.94. The van der Waals surface area contributed by atoms with Gasteiger partial charge in [-0.3, -0.25) is 29.0 Å². The molecule has 1 aliphatic rings. The molecule has 0 aliphatic carbocycles. The van der Waals surface area contributed by atoms with Gasteiger partial charge < -0.3 is 59.2 Å². The van der Waals surface area contributed by atoms with Gasteiger partial charge in [0.1, 0.15) is 24.2 Å². The monoisotopic (exact) mass is 713 g/mol. The number of rotatable bonds is 20. The number of aromatic amines is 1. The number of amides is 5. The first-order chi connectivity index (χ1) is 24.4. The Labute approximate surface area is 295 Å². The lowest BCUT2D eigenvalue weighted by Gasteiger charge is -2.35. The SMILES string of the molecule is NCCCC[C@H](NC(=O)[C@@H]1CCCCN1C(=O)CNC(=O)[C@H](CCCN=C(N)N)NC(=O)CN)C(=O)N[C@@H](Cc1c[nH]c2ccccc12)C(=O)O. The number of unbranched alkanes of at least 4 members (excludes halogenated alkanes) is 1. The zero-order chi connectivity index (χ0) is 37.3. The number of aliphatic carboxylic acids is 1. The minimum Gasteiger partial charge on any atom is -0.480 e. The van der Waals surface area contributed by atoms with E-state index in [-0.39, 0.29) is 44.9 Å². The van der Waals surface area contributed by atoms with E-state index in [4.69, 9.17) is 22.9 Å². The molecule has 0 saturated carbocycles. The number of carbonyl (C=O) groups is 6. The van der Waals surface area contributed by atoms with E-state index >= 15 is 0 Å². The number of benzene rings is 1. The van der Waals surface area contributed by atoms with Crippen LogP contribution in [0.1, 0.15) is 56.9 Å². The number of H-pyrrole nitrogens is 1. The first-order valence-electron chi connectivity index (χ1n) is 17.2. The summed E-state index contributed by atoms with van der Waals surface area (Å²) in [7, 11) is 0. The number of carbonyl (C=O) groups excluding carboxylic acids is 5. The third-order valence-electron chi connectivity index (χ3n) is 8.62. The van der Waals surface area contributed by atoms with Crippen molar-refractivity contribution < 1.29 is 33.9 Å². The van der Waals surface area contributed by atoms with Crippen molar-refractivity contribution in [3.8, 4) is 0 Å². The summed E-state index contributed by atoms with van der Waals surface area (Å²) in [6.45, 7) is 0.0482. The Morgan fingerprint density at radius 3 is 2.35 bits per heavy atom. The Bertz CT molecular complexity index is 1540. The summed E-state index contributed by atoms with van der Waals surface area (Å²) in [5.74, 6) is -4.29. The van der Waals surface area contributed by atoms with E-state index < -0.39 is 66.2 Å². The molecule has 18 nitrogen and oxygen atoms in total. The van der Waals surface area contributed by atoms with Crippen LogP contribution in [0.3, 0.4) is 0 Å². The zero-order valence-corrected chi connectivity index (χ0v) is 28.7. The van der Waals surface area contributed by atoms with E-state index in [0.717, 1.165) is 10.9 Å². The minimum atomic E-state index is -1.27. The molecule has 0 bridgehead atoms. The molecule has 18 heteroatoms. The van der Waals surface area contributed by atoms with Crippen LogP contribution in [-0.2, 0) is 35.2 Å². The largest absolute Gasteiger partial charge is 0.480 e. The molecule has 0 spiro atoms. The Morgan fingerprint density at radius 2 is 1.65 bits per heavy atom. The van der Waals surface area contributed by atoms with Crippen molar-refractivity contribution in [1.29, 1.82) is 0 Å². The number of para-hydroxylation sites is 1. The van der Waals surface area contributed by atoms with E-state index in [1.54, 1.807) is 6.20 Å². The molecule has 1 aromatic heterocycles. The molecule has 2 aromatic rings. The van der Waals surface area contributed by atoms with Gasteiger partial charge in [0.05, 0.1) is 13.1 Å². The number of nitrogens with two attached hydrogens (primary N) is 4. The highest BCUT2D eigenvalue weighted by molar-refractivity contribution is 5.95. The lowest BCUT2D eigenvalue weighted by molar-refractivity contribution is -0.144. The second-order valence-electron chi connectivity index (χ2n) is 12.4. The standard InChI is InChI=1S/C33H51N11O7/c34-13-5-3-10-24(30(48)43-25(32(50)51)16-20-18-39-22-9-2-1-8-21(20)22)42-31(49)26-12-4-6-15-44(26)28(46)19-40-29(47)23(41-27(45)17-35)11-7-14-38-33(36)37/h1-2,8-9,18,23-26,39H,3-7,10-17,19,34-35H2,(H,40,47)(H,41,45)(H,42,49)(H,43,48)(H,50,51)(H4,36,37,38)/t23-,24-,25-,26-/m0/s1. The van der Waals surface area contributed by atoms with Gasteiger partial charge in [0, 0.05) is 36.6 Å². The minimum absolute atomic E-state index is 0.0121. The van der Waals surface area contributed by atoms with Gasteiger partial charge in [0.25, 0.3) is 0 Å². The maximum absolute atomic E-state index is 13.7. The second-order valence-corrected chi connectivity index (χ2v) is 12.4. The normalized spacial score (nSPS) is 16.0. The number of nitrogens with one attached hydrogen (secondary N) is 5. The fraction of sp³-hybridized carbons (Fsp3) is 0.545. The van der Waals surface area contributed by atoms with Crippen molar-refractivity contribution in [2.75, 3.05) is 32.7 Å². The number of guanidine groups is 1. The van der Waals surface area contributed by atoms with E-state index in [0.29, 0.717) is 50.6 Å². The van der Waals surface area contributed by atoms with Gasteiger partial charge in [-0.05, 0) is 69.5 Å². The molecule has 2 heterocycles. The van der Waals surface area contributed by atoms with E-state index in [1.807, 2.05) is 24.3 Å². The van der Waals surface area contributed by atoms with E-state index in [2.05, 4.69) is 31.2 Å². The molecule has 1 aliphatic heterocycles. The number of likely N-dealkylation sites (tertiary alicyclic amines) is 1. The molecule has 1 aromatic carbocycles. The Morgan fingerprint density at radius 1 is 0.922 bits per heavy atom. The van der Waals surface area contributed by atoms with Gasteiger partial charge >= 0.3 is 5.97 Å². The molecule has 51 heavy (non-hydrogen) atoms. The molecular weight excluding hydrogens is 662 g/mol. The average Bonchev–Trinajstić information content (AvgIpc) is 3.53. The van der Waals surface area contributed by atoms with Crippen LogP contribution in [0.2, 0.25) is 0 Å². The first-order valence-corrected chi connectivity index (χ1v) is 17.2. The van der Waals surface area contributed by atoms with E-state index in [1.165, 1.54) is 4.90 Å². The highest BCUT2D eigenvalue weighted by atomic mass is 16.4. The average molecular weight is 714 g/mol. The van der Waals surface area contributed by atoms with Crippen LogP contribution in [-0.4, -0.2) is 113 Å². The van der Waals surface area contributed by atoms with Crippen LogP contribution < -0.4 is 44.2 Å². The smallest absolute Gasteiger partial charge is 0.326 e. The predicted octanol–water partition coefficient (Wildman–Crippen LogP) is -2.11. The highest BCUT2D eigenvalue weighted by Crippen LogP contribution is 2.20. The van der Waals surface area contributed by atoms with Crippen molar-refractivity contribution in [2.45, 2.75) is 82.0 Å². The Balaban J connectivity index is 1.67. The van der Waals surface area contributed by atoms with Crippen molar-refractivity contribution >= 4 is 52.4 Å². The van der Waals surface area contributed by atoms with Crippen molar-refractivity contribution in [2.24, 2.45) is 27.9 Å². The number of hydrogen-bond acceptors (Lipinski definition) is 9. The van der Waals surface area contributed by atoms with Crippen LogP contribution in [0.15, 0.2) is 35.5 Å². The Kier molecular flexibility index (Phi) is 16.1. The summed E-state index contributed by atoms with van der Waals surface area (Å²) in [6.07, 6.45) is 5.10. The van der Waals surface area contributed by atoms with Crippen LogP contribution in [0.25, 0.3) is 10.9 Å². The van der Waals surface area contributed by atoms with Crippen LogP contribution in [0, 0.1) is 0 Å². The van der Waals surface area contributed by atoms with Gasteiger partial charge in [-0.15, -0.1) is 0 Å². The number of hydrogen-bond donors (Lipinski definition) is 10. The molecule has 0 radical (unpaired) electrons. The summed E-state index contributed by atoms with van der Waals surface area (Å²) in [4.78, 5) is 86.0. The third-order valence-corrected chi connectivity index (χ3v) is 8.62. The molecule has 4 atom stereocenters. The van der Waals surface area contributed by atoms with Gasteiger partial charge in [0.2, 0.25) is 29.5 Å². The topological polar surface area (TPSA) is 306 Å². The number of fused-ring (bicyclic) bond motifs is 1. The van der Waals surface area contributed by atoms with Crippen molar-refractivity contribution in [1.82, 2.24) is 31.2 Å².